The smallest absolute Gasteiger partial charge is 0.300 e. The van der Waals surface area contributed by atoms with Crippen molar-refractivity contribution < 1.29 is 22.0 Å². The molecule has 0 saturated carbocycles. The second kappa shape index (κ2) is 11.1. The minimum Gasteiger partial charge on any atom is -0.300 e. The van der Waals surface area contributed by atoms with E-state index in [9.17, 15) is 22.0 Å². The summed E-state index contributed by atoms with van der Waals surface area (Å²) in [4.78, 5) is -1.22. The van der Waals surface area contributed by atoms with Gasteiger partial charge < -0.3 is 0 Å². The van der Waals surface area contributed by atoms with Crippen LogP contribution >= 0.6 is 12.6 Å². The van der Waals surface area contributed by atoms with E-state index in [4.69, 9.17) is 5.41 Å². The maximum absolute atomic E-state index is 14.9. The third-order valence-corrected chi connectivity index (χ3v) is 6.12. The van der Waals surface area contributed by atoms with Crippen molar-refractivity contribution in [1.82, 2.24) is 0 Å². The maximum Gasteiger partial charge on any atom is 0.422 e. The van der Waals surface area contributed by atoms with Crippen LogP contribution in [-0.2, 0) is 19.3 Å². The number of benzene rings is 2. The van der Waals surface area contributed by atoms with Crippen LogP contribution < -0.4 is 0 Å². The molecule has 2 rings (SSSR count). The van der Waals surface area contributed by atoms with Gasteiger partial charge in [0.1, 0.15) is 11.6 Å². The van der Waals surface area contributed by atoms with E-state index in [1.54, 1.807) is 31.2 Å². The number of rotatable bonds is 9. The van der Waals surface area contributed by atoms with Gasteiger partial charge in [0.2, 0.25) is 0 Å². The van der Waals surface area contributed by atoms with Gasteiger partial charge in [-0.15, -0.1) is 12.6 Å². The Balaban J connectivity index is 2.40. The average molecular weight is 470 g/mol. The summed E-state index contributed by atoms with van der Waals surface area (Å²) in [6.07, 6.45) is -2.49. The molecule has 32 heavy (non-hydrogen) atoms. The monoisotopic (exact) mass is 469 g/mol. The Kier molecular flexibility index (Phi) is 9.08. The molecule has 0 aliphatic carbocycles. The number of allylic oxidation sites excluding steroid dienone is 2. The van der Waals surface area contributed by atoms with Crippen molar-refractivity contribution in [2.24, 2.45) is 0 Å². The van der Waals surface area contributed by atoms with E-state index in [1.165, 1.54) is 6.07 Å². The van der Waals surface area contributed by atoms with Crippen LogP contribution in [0.1, 0.15) is 60.9 Å². The van der Waals surface area contributed by atoms with Gasteiger partial charge in [0.05, 0.1) is 10.6 Å². The van der Waals surface area contributed by atoms with E-state index in [-0.39, 0.29) is 24.1 Å². The molecule has 7 heteroatoms. The van der Waals surface area contributed by atoms with Crippen molar-refractivity contribution in [1.29, 1.82) is 5.41 Å². The van der Waals surface area contributed by atoms with E-state index in [0.29, 0.717) is 23.1 Å². The van der Waals surface area contributed by atoms with Gasteiger partial charge in [-0.1, -0.05) is 44.5 Å². The van der Waals surface area contributed by atoms with Gasteiger partial charge in [-0.05, 0) is 72.9 Å². The largest absolute Gasteiger partial charge is 0.422 e. The molecule has 0 amide bonds. The van der Waals surface area contributed by atoms with Crippen molar-refractivity contribution >= 4 is 18.3 Å². The Bertz CT molecular complexity index is 991. The van der Waals surface area contributed by atoms with E-state index in [0.717, 1.165) is 24.8 Å². The number of nitrogens with one attached hydrogen (secondary N) is 1. The predicted octanol–water partition coefficient (Wildman–Crippen LogP) is 7.93. The molecule has 1 nitrogen and oxygen atoms in total. The van der Waals surface area contributed by atoms with Gasteiger partial charge in [0.15, 0.2) is 0 Å². The molecule has 0 aromatic heterocycles. The highest BCUT2D eigenvalue weighted by Gasteiger charge is 2.35. The Morgan fingerprint density at radius 2 is 1.66 bits per heavy atom. The minimum absolute atomic E-state index is 0.266. The average Bonchev–Trinajstić information content (AvgIpc) is 2.76. The van der Waals surface area contributed by atoms with Crippen LogP contribution in [0, 0.1) is 24.0 Å². The summed E-state index contributed by atoms with van der Waals surface area (Å²) in [5.41, 5.74) is 1.14. The molecule has 0 bridgehead atoms. The summed E-state index contributed by atoms with van der Waals surface area (Å²) in [5, 5.41) is 8.36. The second-order valence-electron chi connectivity index (χ2n) is 7.79. The Morgan fingerprint density at radius 3 is 2.19 bits per heavy atom. The number of thiol groups is 1. The van der Waals surface area contributed by atoms with Crippen molar-refractivity contribution in [2.75, 3.05) is 0 Å². The van der Waals surface area contributed by atoms with Gasteiger partial charge in [0, 0.05) is 5.56 Å². The van der Waals surface area contributed by atoms with E-state index in [2.05, 4.69) is 12.6 Å². The summed E-state index contributed by atoms with van der Waals surface area (Å²) < 4.78 is 69.9. The quantitative estimate of drug-likeness (QED) is 0.212. The standard InChI is InChI=1S/C25H28F5NS/c1-4-6-7-18-14-21(26)19(22(27)15(18)3)12-13-20(24(32)25(28,29)30)23(31)17-10-8-16(5-2)9-11-17/h8-11,14,31-32H,4-7,12-13H2,1-3H3/b24-20-,31-23?. The summed E-state index contributed by atoms with van der Waals surface area (Å²) in [6.45, 7) is 5.47. The summed E-state index contributed by atoms with van der Waals surface area (Å²) in [5.74, 6) is -1.51. The van der Waals surface area contributed by atoms with Gasteiger partial charge >= 0.3 is 6.18 Å². The number of aryl methyl sites for hydroxylation is 2. The number of halogens is 5. The molecule has 0 atom stereocenters. The van der Waals surface area contributed by atoms with E-state index < -0.39 is 28.3 Å². The molecule has 0 spiro atoms. The topological polar surface area (TPSA) is 23.9 Å². The number of hydrogen-bond acceptors (Lipinski definition) is 2. The fourth-order valence-corrected chi connectivity index (χ4v) is 3.76. The minimum atomic E-state index is -4.77. The molecule has 0 heterocycles. The van der Waals surface area contributed by atoms with E-state index >= 15 is 0 Å². The van der Waals surface area contributed by atoms with Crippen LogP contribution in [0.4, 0.5) is 22.0 Å². The fourth-order valence-electron chi connectivity index (χ4n) is 3.54. The van der Waals surface area contributed by atoms with Crippen LogP contribution in [0.15, 0.2) is 40.8 Å². The lowest BCUT2D eigenvalue weighted by atomic mass is 9.92. The lowest BCUT2D eigenvalue weighted by Crippen LogP contribution is -2.16. The van der Waals surface area contributed by atoms with Gasteiger partial charge in [-0.2, -0.15) is 13.2 Å². The molecule has 174 valence electrons. The molecule has 0 saturated heterocycles. The molecule has 0 aliphatic heterocycles. The van der Waals surface area contributed by atoms with Crippen molar-refractivity contribution in [2.45, 2.75) is 65.5 Å². The fraction of sp³-hybridized carbons (Fsp3) is 0.400. The zero-order valence-corrected chi connectivity index (χ0v) is 19.4. The Labute approximate surface area is 191 Å². The first-order valence-corrected chi connectivity index (χ1v) is 11.1. The molecule has 2 aromatic carbocycles. The molecule has 0 fully saturated rings. The lowest BCUT2D eigenvalue weighted by molar-refractivity contribution is -0.0839. The van der Waals surface area contributed by atoms with Gasteiger partial charge in [-0.3, -0.25) is 5.41 Å². The third-order valence-electron chi connectivity index (χ3n) is 5.60. The van der Waals surface area contributed by atoms with E-state index in [1.807, 2.05) is 13.8 Å². The van der Waals surface area contributed by atoms with Crippen molar-refractivity contribution in [3.63, 3.8) is 0 Å². The highest BCUT2D eigenvalue weighted by Crippen LogP contribution is 2.35. The first kappa shape index (κ1) is 26.1. The number of unbranched alkanes of at least 4 members (excludes halogenated alkanes) is 1. The number of alkyl halides is 3. The highest BCUT2D eigenvalue weighted by atomic mass is 32.1. The van der Waals surface area contributed by atoms with Gasteiger partial charge in [-0.25, -0.2) is 8.78 Å². The molecule has 0 radical (unpaired) electrons. The number of hydrogen-bond donors (Lipinski definition) is 2. The third kappa shape index (κ3) is 6.21. The van der Waals surface area contributed by atoms with Crippen LogP contribution in [0.5, 0.6) is 0 Å². The zero-order valence-electron chi connectivity index (χ0n) is 18.5. The van der Waals surface area contributed by atoms with Crippen LogP contribution in [-0.4, -0.2) is 11.9 Å². The second-order valence-corrected chi connectivity index (χ2v) is 8.24. The lowest BCUT2D eigenvalue weighted by Gasteiger charge is -2.17. The zero-order chi connectivity index (χ0) is 24.1. The Morgan fingerprint density at radius 1 is 1.03 bits per heavy atom. The van der Waals surface area contributed by atoms with Crippen LogP contribution in [0.2, 0.25) is 0 Å². The Hall–Kier alpha value is -2.15. The summed E-state index contributed by atoms with van der Waals surface area (Å²) in [7, 11) is 0. The van der Waals surface area contributed by atoms with Crippen molar-refractivity contribution in [3.05, 3.63) is 80.3 Å². The SMILES string of the molecule is CCCCc1cc(F)c(CC/C(C(=N)c2ccc(CC)cc2)=C(/S)C(F)(F)F)c(F)c1C. The first-order chi connectivity index (χ1) is 15.0. The maximum atomic E-state index is 14.9. The first-order valence-electron chi connectivity index (χ1n) is 10.6. The van der Waals surface area contributed by atoms with Crippen LogP contribution in [0.25, 0.3) is 0 Å². The highest BCUT2D eigenvalue weighted by molar-refractivity contribution is 7.84. The molecule has 1 N–H and O–H groups in total. The molecule has 2 aromatic rings. The molecule has 0 unspecified atom stereocenters. The normalized spacial score (nSPS) is 12.7. The molecular formula is C25H28F5NS. The summed E-state index contributed by atoms with van der Waals surface area (Å²) in [6, 6.07) is 7.90. The van der Waals surface area contributed by atoms with Crippen molar-refractivity contribution in [3.8, 4) is 0 Å². The van der Waals surface area contributed by atoms with Gasteiger partial charge in [0.25, 0.3) is 0 Å². The molecular weight excluding hydrogens is 441 g/mol. The summed E-state index contributed by atoms with van der Waals surface area (Å²) >= 11 is 3.63. The predicted molar refractivity (Wildman–Crippen MR) is 123 cm³/mol. The molecule has 0 aliphatic rings. The van der Waals surface area contributed by atoms with Crippen LogP contribution in [0.3, 0.4) is 0 Å².